The fourth-order valence-electron chi connectivity index (χ4n) is 2.12. The Bertz CT molecular complexity index is 550. The number of piperazine rings is 1. The molecule has 1 saturated heterocycles. The van der Waals surface area contributed by atoms with Crippen molar-refractivity contribution in [2.75, 3.05) is 19.6 Å². The maximum atomic E-state index is 12.9. The number of rotatable bonds is 3. The minimum absolute atomic E-state index is 0.0663. The molecule has 0 spiro atoms. The highest BCUT2D eigenvalue weighted by Gasteiger charge is 2.33. The van der Waals surface area contributed by atoms with Crippen LogP contribution in [0.3, 0.4) is 0 Å². The molecule has 1 aliphatic heterocycles. The number of hydrogen-bond acceptors (Lipinski definition) is 3. The van der Waals surface area contributed by atoms with E-state index in [-0.39, 0.29) is 25.2 Å². The van der Waals surface area contributed by atoms with Crippen molar-refractivity contribution in [2.24, 2.45) is 0 Å². The lowest BCUT2D eigenvalue weighted by atomic mass is 10.2. The quantitative estimate of drug-likeness (QED) is 0.872. The third-order valence-electron chi connectivity index (χ3n) is 3.15. The first-order valence-electron chi connectivity index (χ1n) is 6.13. The summed E-state index contributed by atoms with van der Waals surface area (Å²) < 4.78 is 27.7. The second-order valence-electron chi connectivity index (χ2n) is 4.51. The summed E-state index contributed by atoms with van der Waals surface area (Å²) in [6.45, 7) is 0.525. The molecule has 2 rings (SSSR count). The summed E-state index contributed by atoms with van der Waals surface area (Å²) in [6.07, 6.45) is -1.13. The Balaban J connectivity index is 2.14. The maximum absolute atomic E-state index is 12.9. The number of aromatic nitrogens is 1. The van der Waals surface area contributed by atoms with Crippen molar-refractivity contribution in [1.82, 2.24) is 14.8 Å². The summed E-state index contributed by atoms with van der Waals surface area (Å²) >= 11 is 3.20. The van der Waals surface area contributed by atoms with Gasteiger partial charge in [-0.05, 0) is 22.0 Å². The first-order chi connectivity index (χ1) is 9.49. The lowest BCUT2D eigenvalue weighted by Gasteiger charge is -2.35. The molecule has 5 nitrogen and oxygen atoms in total. The molecule has 1 aromatic rings. The van der Waals surface area contributed by atoms with Crippen molar-refractivity contribution in [3.8, 4) is 0 Å². The van der Waals surface area contributed by atoms with E-state index in [1.165, 1.54) is 16.8 Å². The van der Waals surface area contributed by atoms with Crippen molar-refractivity contribution in [3.63, 3.8) is 0 Å². The van der Waals surface area contributed by atoms with Gasteiger partial charge in [0.15, 0.2) is 0 Å². The topological polar surface area (TPSA) is 54.3 Å². The average Bonchev–Trinajstić information content (AvgIpc) is 2.42. The molecular formula is C12H14BrF2N3O2. The van der Waals surface area contributed by atoms with E-state index < -0.39 is 18.4 Å². The van der Waals surface area contributed by atoms with Crippen molar-refractivity contribution < 1.29 is 13.6 Å². The Labute approximate surface area is 122 Å². The van der Waals surface area contributed by atoms with Crippen LogP contribution < -0.4 is 10.9 Å². The number of nitrogens with one attached hydrogen (secondary N) is 1. The number of nitrogens with zero attached hydrogens (tertiary/aromatic N) is 2. The Hall–Kier alpha value is -1.28. The number of pyridine rings is 1. The van der Waals surface area contributed by atoms with E-state index in [9.17, 15) is 18.4 Å². The van der Waals surface area contributed by atoms with Gasteiger partial charge in [0.05, 0.1) is 0 Å². The van der Waals surface area contributed by atoms with E-state index >= 15 is 0 Å². The van der Waals surface area contributed by atoms with Gasteiger partial charge < -0.3 is 14.8 Å². The largest absolute Gasteiger partial charge is 0.330 e. The molecule has 1 aromatic heterocycles. The van der Waals surface area contributed by atoms with Gasteiger partial charge in [0, 0.05) is 36.4 Å². The summed E-state index contributed by atoms with van der Waals surface area (Å²) in [5.74, 6) is -0.475. The second-order valence-corrected chi connectivity index (χ2v) is 5.42. The summed E-state index contributed by atoms with van der Waals surface area (Å²) in [5, 5.41) is 2.84. The number of amides is 1. The molecule has 8 heteroatoms. The molecule has 1 unspecified atom stereocenters. The highest BCUT2D eigenvalue weighted by molar-refractivity contribution is 9.10. The van der Waals surface area contributed by atoms with Gasteiger partial charge in [-0.3, -0.25) is 9.59 Å². The molecule has 0 radical (unpaired) electrons. The van der Waals surface area contributed by atoms with Crippen LogP contribution >= 0.6 is 15.9 Å². The standard InChI is InChI=1S/C12H14BrF2N3O2/c13-8-1-2-10(19)17(6-8)7-11(20)18-4-3-16-5-9(18)12(14)15/h1-2,6,9,12,16H,3-5,7H2. The van der Waals surface area contributed by atoms with Crippen LogP contribution in [0, 0.1) is 0 Å². The lowest BCUT2D eigenvalue weighted by Crippen LogP contribution is -2.57. The summed E-state index contributed by atoms with van der Waals surface area (Å²) in [6, 6.07) is 1.75. The minimum Gasteiger partial charge on any atom is -0.330 e. The van der Waals surface area contributed by atoms with Crippen molar-refractivity contribution in [1.29, 1.82) is 0 Å². The molecule has 1 N–H and O–H groups in total. The molecule has 0 bridgehead atoms. The van der Waals surface area contributed by atoms with Gasteiger partial charge in [0.2, 0.25) is 5.91 Å². The van der Waals surface area contributed by atoms with Crippen molar-refractivity contribution >= 4 is 21.8 Å². The molecule has 20 heavy (non-hydrogen) atoms. The molecule has 1 aliphatic rings. The third kappa shape index (κ3) is 3.43. The zero-order chi connectivity index (χ0) is 14.7. The highest BCUT2D eigenvalue weighted by atomic mass is 79.9. The monoisotopic (exact) mass is 349 g/mol. The van der Waals surface area contributed by atoms with Gasteiger partial charge in [0.1, 0.15) is 12.6 Å². The van der Waals surface area contributed by atoms with Gasteiger partial charge >= 0.3 is 0 Å². The fraction of sp³-hybridized carbons (Fsp3) is 0.500. The van der Waals surface area contributed by atoms with Gasteiger partial charge in [-0.15, -0.1) is 0 Å². The van der Waals surface area contributed by atoms with Gasteiger partial charge in [-0.25, -0.2) is 8.78 Å². The Kier molecular flexibility index (Phi) is 4.87. The van der Waals surface area contributed by atoms with E-state index in [2.05, 4.69) is 21.2 Å². The van der Waals surface area contributed by atoms with E-state index in [1.807, 2.05) is 0 Å². The smallest absolute Gasteiger partial charge is 0.259 e. The van der Waals surface area contributed by atoms with Crippen molar-refractivity contribution in [3.05, 3.63) is 33.2 Å². The van der Waals surface area contributed by atoms with Crippen LogP contribution in [0.2, 0.25) is 0 Å². The zero-order valence-electron chi connectivity index (χ0n) is 10.6. The number of carbonyl (C=O) groups is 1. The van der Waals surface area contributed by atoms with Crippen LogP contribution in [0.1, 0.15) is 0 Å². The molecule has 2 heterocycles. The van der Waals surface area contributed by atoms with Crippen LogP contribution in [0.25, 0.3) is 0 Å². The Morgan fingerprint density at radius 3 is 2.95 bits per heavy atom. The molecule has 1 amide bonds. The first kappa shape index (κ1) is 15.1. The molecular weight excluding hydrogens is 336 g/mol. The third-order valence-corrected chi connectivity index (χ3v) is 3.62. The molecule has 0 aromatic carbocycles. The average molecular weight is 350 g/mol. The molecule has 110 valence electrons. The zero-order valence-corrected chi connectivity index (χ0v) is 12.1. The number of hydrogen-bond donors (Lipinski definition) is 1. The molecule has 0 saturated carbocycles. The molecule has 1 atom stereocenters. The summed E-state index contributed by atoms with van der Waals surface area (Å²) in [5.41, 5.74) is -0.342. The van der Waals surface area contributed by atoms with E-state index in [1.54, 1.807) is 6.07 Å². The summed E-state index contributed by atoms with van der Waals surface area (Å²) in [7, 11) is 0. The van der Waals surface area contributed by atoms with E-state index in [0.717, 1.165) is 4.90 Å². The minimum atomic E-state index is -2.61. The second kappa shape index (κ2) is 6.45. The molecule has 0 aliphatic carbocycles. The number of carbonyl (C=O) groups excluding carboxylic acids is 1. The predicted molar refractivity (Wildman–Crippen MR) is 72.8 cm³/mol. The lowest BCUT2D eigenvalue weighted by molar-refractivity contribution is -0.139. The van der Waals surface area contributed by atoms with Crippen molar-refractivity contribution in [2.45, 2.75) is 19.0 Å². The van der Waals surface area contributed by atoms with Crippen LogP contribution in [0.5, 0.6) is 0 Å². The van der Waals surface area contributed by atoms with Gasteiger partial charge in [-0.1, -0.05) is 0 Å². The SMILES string of the molecule is O=C(Cn1cc(Br)ccc1=O)N1CCNCC1C(F)F. The first-order valence-corrected chi connectivity index (χ1v) is 6.92. The van der Waals surface area contributed by atoms with Crippen LogP contribution in [-0.2, 0) is 11.3 Å². The molecule has 1 fully saturated rings. The Morgan fingerprint density at radius 2 is 2.25 bits per heavy atom. The Morgan fingerprint density at radius 1 is 1.50 bits per heavy atom. The highest BCUT2D eigenvalue weighted by Crippen LogP contribution is 2.13. The van der Waals surface area contributed by atoms with Gasteiger partial charge in [0.25, 0.3) is 12.0 Å². The van der Waals surface area contributed by atoms with E-state index in [0.29, 0.717) is 11.0 Å². The predicted octanol–water partition coefficient (Wildman–Crippen LogP) is 0.676. The van der Waals surface area contributed by atoms with Gasteiger partial charge in [-0.2, -0.15) is 0 Å². The maximum Gasteiger partial charge on any atom is 0.259 e. The fourth-order valence-corrected chi connectivity index (χ4v) is 2.50. The van der Waals surface area contributed by atoms with Crippen LogP contribution in [0.4, 0.5) is 8.78 Å². The van der Waals surface area contributed by atoms with E-state index in [4.69, 9.17) is 0 Å². The normalized spacial score (nSPS) is 19.4. The van der Waals surface area contributed by atoms with Crippen LogP contribution in [-0.4, -0.2) is 47.5 Å². The number of halogens is 3. The van der Waals surface area contributed by atoms with Crippen LogP contribution in [0.15, 0.2) is 27.6 Å². The summed E-state index contributed by atoms with van der Waals surface area (Å²) in [4.78, 5) is 24.9. The number of alkyl halides is 2.